The van der Waals surface area contributed by atoms with E-state index < -0.39 is 0 Å². The minimum atomic E-state index is -0.164. The normalized spacial score (nSPS) is 12.5. The fourth-order valence-electron chi connectivity index (χ4n) is 7.52. The van der Waals surface area contributed by atoms with E-state index in [1.165, 1.54) is 19.1 Å². The Hall–Kier alpha value is -6.29. The van der Waals surface area contributed by atoms with Crippen molar-refractivity contribution < 1.29 is 23.7 Å². The number of nitrogens with one attached hydrogen (secondary N) is 1. The number of pyridine rings is 1. The van der Waals surface area contributed by atoms with E-state index in [1.54, 1.807) is 32.5 Å². The monoisotopic (exact) mass is 721 g/mol. The predicted octanol–water partition coefficient (Wildman–Crippen LogP) is 10.5. The number of nitrogens with zero attached hydrogens (tertiary/aromatic N) is 4. The first kappa shape index (κ1) is 36.1. The predicted molar refractivity (Wildman–Crippen MR) is 213 cm³/mol. The van der Waals surface area contributed by atoms with E-state index in [2.05, 4.69) is 62.0 Å². The van der Waals surface area contributed by atoms with Crippen molar-refractivity contribution in [3.05, 3.63) is 108 Å². The molecule has 0 saturated heterocycles. The van der Waals surface area contributed by atoms with Crippen LogP contribution in [0.5, 0.6) is 23.0 Å². The molecule has 274 valence electrons. The van der Waals surface area contributed by atoms with Gasteiger partial charge in [-0.25, -0.2) is 9.98 Å². The maximum atomic E-state index is 14.6. The summed E-state index contributed by atoms with van der Waals surface area (Å²) in [6.07, 6.45) is 4.03. The summed E-state index contributed by atoms with van der Waals surface area (Å²) >= 11 is 0. The topological polar surface area (TPSA) is 117 Å². The summed E-state index contributed by atoms with van der Waals surface area (Å²) in [6.45, 7) is 11.3. The number of methoxy groups -OCH3 is 3. The minimum absolute atomic E-state index is 0.0557. The highest BCUT2D eigenvalue weighted by atomic mass is 16.5. The van der Waals surface area contributed by atoms with E-state index in [0.717, 1.165) is 6.42 Å². The van der Waals surface area contributed by atoms with Crippen LogP contribution in [0.1, 0.15) is 62.5 Å². The van der Waals surface area contributed by atoms with E-state index in [1.807, 2.05) is 60.7 Å². The van der Waals surface area contributed by atoms with Crippen molar-refractivity contribution >= 4 is 40.1 Å². The average molecular weight is 722 g/mol. The Kier molecular flexibility index (Phi) is 9.53. The molecule has 0 radical (unpaired) electrons. The Morgan fingerprint density at radius 2 is 1.41 bits per heavy atom. The van der Waals surface area contributed by atoms with Gasteiger partial charge in [-0.05, 0) is 53.1 Å². The summed E-state index contributed by atoms with van der Waals surface area (Å²) in [7, 11) is 4.65. The largest absolute Gasteiger partial charge is 0.493 e. The second-order valence-electron chi connectivity index (χ2n) is 15.1. The van der Waals surface area contributed by atoms with Gasteiger partial charge in [-0.2, -0.15) is 0 Å². The molecule has 0 bridgehead atoms. The van der Waals surface area contributed by atoms with Crippen LogP contribution in [-0.4, -0.2) is 48.7 Å². The molecule has 1 aliphatic rings. The number of carbonyl (C=O) groups is 1. The van der Waals surface area contributed by atoms with E-state index in [-0.39, 0.29) is 16.6 Å². The lowest BCUT2D eigenvalue weighted by Gasteiger charge is -2.33. The van der Waals surface area contributed by atoms with E-state index in [0.29, 0.717) is 84.6 Å². The van der Waals surface area contributed by atoms with Crippen molar-refractivity contribution in [2.45, 2.75) is 46.5 Å². The molecule has 10 heteroatoms. The van der Waals surface area contributed by atoms with Gasteiger partial charge in [0.25, 0.3) is 0 Å². The first-order valence-corrected chi connectivity index (χ1v) is 17.7. The SMILES string of the molecule is COC=Nc1cc(OC)c(OC)cc1-c1nnc2c3c(c(Nc4ccccn4)cc(Oc4ccc(C(C)(C)CC(C)(C)C)cc4)c13)C(=O)c1ccccc1-2. The maximum absolute atomic E-state index is 14.6. The van der Waals surface area contributed by atoms with Crippen molar-refractivity contribution in [3.63, 3.8) is 0 Å². The van der Waals surface area contributed by atoms with Gasteiger partial charge >= 0.3 is 0 Å². The number of ether oxygens (including phenoxy) is 4. The van der Waals surface area contributed by atoms with Gasteiger partial charge in [-0.1, -0.05) is 77.1 Å². The van der Waals surface area contributed by atoms with Crippen LogP contribution in [0.15, 0.2) is 96.1 Å². The van der Waals surface area contributed by atoms with Gasteiger partial charge in [-0.15, -0.1) is 10.2 Å². The van der Waals surface area contributed by atoms with Gasteiger partial charge in [0.1, 0.15) is 28.7 Å². The van der Waals surface area contributed by atoms with Crippen molar-refractivity contribution in [3.8, 4) is 45.5 Å². The molecule has 7 rings (SSSR count). The Bertz CT molecular complexity index is 2400. The van der Waals surface area contributed by atoms with Gasteiger partial charge in [0, 0.05) is 40.4 Å². The van der Waals surface area contributed by atoms with E-state index >= 15 is 0 Å². The molecule has 10 nitrogen and oxygen atoms in total. The molecule has 0 fully saturated rings. The number of hydrogen-bond acceptors (Lipinski definition) is 10. The van der Waals surface area contributed by atoms with Crippen LogP contribution in [0.25, 0.3) is 33.3 Å². The van der Waals surface area contributed by atoms with Crippen LogP contribution in [-0.2, 0) is 10.2 Å². The lowest BCUT2D eigenvalue weighted by atomic mass is 9.72. The molecular weight excluding hydrogens is 679 g/mol. The molecule has 0 amide bonds. The highest BCUT2D eigenvalue weighted by Crippen LogP contribution is 2.51. The molecule has 2 heterocycles. The quantitative estimate of drug-likeness (QED) is 0.103. The van der Waals surface area contributed by atoms with Crippen LogP contribution < -0.4 is 19.5 Å². The van der Waals surface area contributed by atoms with Crippen LogP contribution in [0.2, 0.25) is 0 Å². The molecule has 4 aromatic carbocycles. The summed E-state index contributed by atoms with van der Waals surface area (Å²) in [5, 5.41) is 14.2. The van der Waals surface area contributed by atoms with Gasteiger partial charge in [0.2, 0.25) is 0 Å². The number of aromatic nitrogens is 3. The number of hydrogen-bond donors (Lipinski definition) is 1. The molecule has 54 heavy (non-hydrogen) atoms. The first-order chi connectivity index (χ1) is 25.9. The molecule has 0 unspecified atom stereocenters. The maximum Gasteiger partial charge on any atom is 0.196 e. The van der Waals surface area contributed by atoms with Crippen molar-refractivity contribution in [1.29, 1.82) is 0 Å². The fraction of sp³-hybridized carbons (Fsp3) is 0.250. The number of rotatable bonds is 11. The molecule has 1 N–H and O–H groups in total. The first-order valence-electron chi connectivity index (χ1n) is 17.7. The minimum Gasteiger partial charge on any atom is -0.493 e. The van der Waals surface area contributed by atoms with Crippen molar-refractivity contribution in [2.24, 2.45) is 10.4 Å². The van der Waals surface area contributed by atoms with Crippen molar-refractivity contribution in [1.82, 2.24) is 15.2 Å². The molecule has 1 aliphatic carbocycles. The van der Waals surface area contributed by atoms with Crippen LogP contribution in [0.3, 0.4) is 0 Å². The van der Waals surface area contributed by atoms with E-state index in [9.17, 15) is 4.79 Å². The highest BCUT2D eigenvalue weighted by Gasteiger charge is 2.34. The van der Waals surface area contributed by atoms with Gasteiger partial charge in [-0.3, -0.25) is 4.79 Å². The molecule has 0 atom stereocenters. The lowest BCUT2D eigenvalue weighted by molar-refractivity contribution is 0.104. The second kappa shape index (κ2) is 14.3. The van der Waals surface area contributed by atoms with Gasteiger partial charge in [0.15, 0.2) is 23.7 Å². The summed E-state index contributed by atoms with van der Waals surface area (Å²) < 4.78 is 23.5. The van der Waals surface area contributed by atoms with Crippen LogP contribution in [0, 0.1) is 5.41 Å². The van der Waals surface area contributed by atoms with Crippen LogP contribution >= 0.6 is 0 Å². The Morgan fingerprint density at radius 3 is 2.06 bits per heavy atom. The number of fused-ring (bicyclic) bond motifs is 2. The third kappa shape index (κ3) is 6.82. The van der Waals surface area contributed by atoms with Gasteiger partial charge in [0.05, 0.1) is 43.7 Å². The summed E-state index contributed by atoms with van der Waals surface area (Å²) in [5.74, 6) is 2.39. The fourth-order valence-corrected chi connectivity index (χ4v) is 7.52. The molecule has 0 aliphatic heterocycles. The van der Waals surface area contributed by atoms with E-state index in [4.69, 9.17) is 29.1 Å². The Morgan fingerprint density at radius 1 is 0.741 bits per heavy atom. The van der Waals surface area contributed by atoms with Gasteiger partial charge < -0.3 is 24.3 Å². The standard InChI is InChI=1S/C44H43N5O5/c1-43(2,3)24-44(4,5)26-16-18-27(19-17-26)54-35-23-32(47-36-15-11-12-20-45-36)37-39-38(35)41(49-48-40(39)28-13-9-10-14-29(28)42(37)50)30-21-33(52-7)34(53-8)22-31(30)46-25-51-6/h9-23,25H,24H2,1-8H3,(H,45,47). The number of carbonyl (C=O) groups excluding carboxylic acids is 1. The number of aliphatic imine (C=N–C) groups is 1. The molecular formula is C44H43N5O5. The van der Waals surface area contributed by atoms with Crippen molar-refractivity contribution in [2.75, 3.05) is 26.6 Å². The zero-order valence-electron chi connectivity index (χ0n) is 31.8. The number of anilines is 2. The third-order valence-electron chi connectivity index (χ3n) is 9.49. The van der Waals surface area contributed by atoms with Crippen LogP contribution in [0.4, 0.5) is 17.2 Å². The second-order valence-corrected chi connectivity index (χ2v) is 15.1. The molecule has 2 aromatic heterocycles. The third-order valence-corrected chi connectivity index (χ3v) is 9.49. The Labute approximate surface area is 315 Å². The number of benzene rings is 4. The lowest BCUT2D eigenvalue weighted by Crippen LogP contribution is -2.24. The zero-order valence-corrected chi connectivity index (χ0v) is 31.8. The molecule has 6 aromatic rings. The Balaban J connectivity index is 1.53. The smallest absolute Gasteiger partial charge is 0.196 e. The summed E-state index contributed by atoms with van der Waals surface area (Å²) in [4.78, 5) is 23.7. The summed E-state index contributed by atoms with van der Waals surface area (Å²) in [6, 6.07) is 26.6. The molecule has 0 spiro atoms. The summed E-state index contributed by atoms with van der Waals surface area (Å²) in [5.41, 5.74) is 5.47. The highest BCUT2D eigenvalue weighted by molar-refractivity contribution is 6.30. The molecule has 0 saturated carbocycles. The zero-order chi connectivity index (χ0) is 38.2. The number of ketones is 1. The average Bonchev–Trinajstić information content (AvgIpc) is 3.15.